The monoisotopic (exact) mass is 492 g/mol. The van der Waals surface area contributed by atoms with Crippen molar-refractivity contribution in [3.8, 4) is 16.3 Å². The Morgan fingerprint density at radius 2 is 1.80 bits per heavy atom. The Morgan fingerprint density at radius 1 is 1.11 bits per heavy atom. The number of carbonyl (C=O) groups is 3. The number of ether oxygens (including phenoxy) is 2. The zero-order valence-corrected chi connectivity index (χ0v) is 20.3. The molecule has 1 aliphatic rings. The first-order valence-electron chi connectivity index (χ1n) is 10.9. The summed E-state index contributed by atoms with van der Waals surface area (Å²) in [6.07, 6.45) is 0. The second-order valence-electron chi connectivity index (χ2n) is 7.95. The highest BCUT2D eigenvalue weighted by molar-refractivity contribution is 7.17. The molecule has 0 fully saturated rings. The highest BCUT2D eigenvalue weighted by Crippen LogP contribution is 2.41. The number of Topliss-reactive ketones (excluding diaryl/α,β-unsaturated/α-hetero) is 1. The van der Waals surface area contributed by atoms with E-state index in [0.29, 0.717) is 26.9 Å². The van der Waals surface area contributed by atoms with Crippen molar-refractivity contribution >= 4 is 29.0 Å². The van der Waals surface area contributed by atoms with Crippen molar-refractivity contribution in [1.82, 2.24) is 9.88 Å². The fourth-order valence-electron chi connectivity index (χ4n) is 3.97. The number of rotatable bonds is 8. The summed E-state index contributed by atoms with van der Waals surface area (Å²) in [5.41, 5.74) is 1.96. The van der Waals surface area contributed by atoms with E-state index >= 15 is 0 Å². The van der Waals surface area contributed by atoms with Crippen LogP contribution in [0.15, 0.2) is 65.9 Å². The van der Waals surface area contributed by atoms with Gasteiger partial charge in [0.15, 0.2) is 5.76 Å². The van der Waals surface area contributed by atoms with Crippen LogP contribution in [0.4, 0.5) is 0 Å². The summed E-state index contributed by atoms with van der Waals surface area (Å²) >= 11 is 1.22. The van der Waals surface area contributed by atoms with Gasteiger partial charge in [-0.15, -0.1) is 11.3 Å². The van der Waals surface area contributed by atoms with Crippen LogP contribution in [0.2, 0.25) is 0 Å². The van der Waals surface area contributed by atoms with Crippen LogP contribution in [-0.4, -0.2) is 52.9 Å². The summed E-state index contributed by atoms with van der Waals surface area (Å²) in [5, 5.41) is 11.5. The van der Waals surface area contributed by atoms with Crippen molar-refractivity contribution in [3.05, 3.63) is 82.1 Å². The fourth-order valence-corrected chi connectivity index (χ4v) is 5.00. The topological polar surface area (TPSA) is 106 Å². The molecule has 180 valence electrons. The summed E-state index contributed by atoms with van der Waals surface area (Å²) in [6, 6.07) is 15.1. The number of hydrogen-bond acceptors (Lipinski definition) is 8. The van der Waals surface area contributed by atoms with E-state index in [2.05, 4.69) is 4.98 Å². The molecule has 0 radical (unpaired) electrons. The third-order valence-electron chi connectivity index (χ3n) is 5.57. The minimum absolute atomic E-state index is 0.0160. The molecule has 4 rings (SSSR count). The number of nitrogens with zero attached hydrogens (tertiary/aromatic N) is 2. The van der Waals surface area contributed by atoms with Gasteiger partial charge < -0.3 is 19.5 Å². The Labute approximate surface area is 206 Å². The van der Waals surface area contributed by atoms with Crippen LogP contribution in [0.3, 0.4) is 0 Å². The van der Waals surface area contributed by atoms with Crippen LogP contribution >= 0.6 is 11.3 Å². The zero-order chi connectivity index (χ0) is 25.1. The number of amides is 1. The minimum atomic E-state index is -0.835. The lowest BCUT2D eigenvalue weighted by Crippen LogP contribution is -2.34. The Morgan fingerprint density at radius 3 is 2.43 bits per heavy atom. The molecule has 0 saturated carbocycles. The first kappa shape index (κ1) is 24.3. The molecule has 0 aliphatic carbocycles. The van der Waals surface area contributed by atoms with Gasteiger partial charge in [0.25, 0.3) is 5.91 Å². The lowest BCUT2D eigenvalue weighted by Gasteiger charge is -2.26. The molecular weight excluding hydrogens is 468 g/mol. The Hall–Kier alpha value is -3.82. The molecule has 1 unspecified atom stereocenters. The Balaban J connectivity index is 1.75. The van der Waals surface area contributed by atoms with Gasteiger partial charge in [-0.2, -0.15) is 0 Å². The van der Waals surface area contributed by atoms with Crippen LogP contribution in [-0.2, 0) is 14.3 Å². The van der Waals surface area contributed by atoms with Crippen LogP contribution < -0.4 is 4.74 Å². The molecule has 35 heavy (non-hydrogen) atoms. The molecule has 1 amide bonds. The number of thiazole rings is 1. The zero-order valence-electron chi connectivity index (χ0n) is 19.5. The van der Waals surface area contributed by atoms with Crippen molar-refractivity contribution in [2.75, 3.05) is 20.3 Å². The first-order chi connectivity index (χ1) is 16.8. The van der Waals surface area contributed by atoms with Gasteiger partial charge in [0.2, 0.25) is 5.78 Å². The van der Waals surface area contributed by atoms with E-state index in [-0.39, 0.29) is 18.7 Å². The van der Waals surface area contributed by atoms with E-state index < -0.39 is 29.5 Å². The summed E-state index contributed by atoms with van der Waals surface area (Å²) in [6.45, 7) is 3.43. The van der Waals surface area contributed by atoms with Gasteiger partial charge in [0.1, 0.15) is 10.8 Å². The van der Waals surface area contributed by atoms with Gasteiger partial charge in [0.05, 0.1) is 28.8 Å². The fraction of sp³-hybridized carbons (Fsp3) is 0.231. The number of aliphatic hydroxyl groups excluding tert-OH is 1. The maximum Gasteiger partial charge on any atom is 0.308 e. The average Bonchev–Trinajstić information content (AvgIpc) is 3.35. The van der Waals surface area contributed by atoms with E-state index in [1.54, 1.807) is 31.2 Å². The molecule has 0 bridgehead atoms. The average molecular weight is 493 g/mol. The molecule has 1 atom stereocenters. The smallest absolute Gasteiger partial charge is 0.308 e. The summed E-state index contributed by atoms with van der Waals surface area (Å²) < 4.78 is 10.2. The number of hydrogen-bond donors (Lipinski definition) is 1. The van der Waals surface area contributed by atoms with Crippen molar-refractivity contribution in [2.24, 2.45) is 0 Å². The molecule has 0 spiro atoms. The number of esters is 1. The third-order valence-corrected chi connectivity index (χ3v) is 6.77. The largest absolute Gasteiger partial charge is 0.503 e. The minimum Gasteiger partial charge on any atom is -0.503 e. The number of aliphatic hydroxyl groups is 1. The second kappa shape index (κ2) is 10.2. The van der Waals surface area contributed by atoms with Gasteiger partial charge in [-0.25, -0.2) is 4.98 Å². The molecule has 0 saturated heterocycles. The summed E-state index contributed by atoms with van der Waals surface area (Å²) in [4.78, 5) is 44.3. The van der Waals surface area contributed by atoms with Crippen molar-refractivity contribution in [3.63, 3.8) is 0 Å². The van der Waals surface area contributed by atoms with Crippen molar-refractivity contribution in [1.29, 1.82) is 0 Å². The number of carbonyl (C=O) groups excluding carboxylic acids is 3. The number of aryl methyl sites for hydroxylation is 1. The van der Waals surface area contributed by atoms with E-state index in [1.807, 2.05) is 30.3 Å². The molecule has 1 aromatic heterocycles. The standard InChI is InChI=1S/C26H24N2O6S/c1-15-24(35-25(27-15)18-7-5-4-6-8-18)22(30)20-21(28(13-14-33-3)26(32)23(20)31)17-9-11-19(12-10-17)34-16(2)29/h4-12,21,31H,13-14H2,1-3H3. The lowest BCUT2D eigenvalue weighted by molar-refractivity contribution is -0.132. The third kappa shape index (κ3) is 4.87. The summed E-state index contributed by atoms with van der Waals surface area (Å²) in [5.74, 6) is -1.82. The van der Waals surface area contributed by atoms with Gasteiger partial charge in [-0.05, 0) is 24.6 Å². The predicted octanol–water partition coefficient (Wildman–Crippen LogP) is 4.27. The number of ketones is 1. The quantitative estimate of drug-likeness (QED) is 0.284. The first-order valence-corrected chi connectivity index (χ1v) is 11.7. The maximum atomic E-state index is 13.8. The SMILES string of the molecule is COCCN1C(=O)C(O)=C(C(=O)c2sc(-c3ccccc3)nc2C)C1c1ccc(OC(C)=O)cc1. The molecule has 8 nitrogen and oxygen atoms in total. The van der Waals surface area contributed by atoms with Crippen LogP contribution in [0, 0.1) is 6.92 Å². The van der Waals surface area contributed by atoms with Crippen LogP contribution in [0.5, 0.6) is 5.75 Å². The highest BCUT2D eigenvalue weighted by atomic mass is 32.1. The lowest BCUT2D eigenvalue weighted by atomic mass is 9.95. The van der Waals surface area contributed by atoms with E-state index in [4.69, 9.17) is 9.47 Å². The van der Waals surface area contributed by atoms with E-state index in [0.717, 1.165) is 5.56 Å². The van der Waals surface area contributed by atoms with Crippen molar-refractivity contribution in [2.45, 2.75) is 19.9 Å². The second-order valence-corrected chi connectivity index (χ2v) is 8.95. The maximum absolute atomic E-state index is 13.8. The van der Waals surface area contributed by atoms with E-state index in [9.17, 15) is 19.5 Å². The Bertz CT molecular complexity index is 1300. The van der Waals surface area contributed by atoms with Gasteiger partial charge >= 0.3 is 5.97 Å². The van der Waals surface area contributed by atoms with Gasteiger partial charge in [-0.1, -0.05) is 42.5 Å². The van der Waals surface area contributed by atoms with Gasteiger partial charge in [-0.3, -0.25) is 14.4 Å². The summed E-state index contributed by atoms with van der Waals surface area (Å²) in [7, 11) is 1.51. The number of methoxy groups -OCH3 is 1. The number of aromatic nitrogens is 1. The highest BCUT2D eigenvalue weighted by Gasteiger charge is 2.44. The van der Waals surface area contributed by atoms with E-state index in [1.165, 1.54) is 30.3 Å². The van der Waals surface area contributed by atoms with Crippen LogP contribution in [0.25, 0.3) is 10.6 Å². The molecule has 1 aliphatic heterocycles. The Kier molecular flexibility index (Phi) is 7.09. The molecule has 2 aromatic carbocycles. The predicted molar refractivity (Wildman–Crippen MR) is 130 cm³/mol. The molecule has 3 aromatic rings. The normalized spacial score (nSPS) is 15.6. The van der Waals surface area contributed by atoms with Crippen molar-refractivity contribution < 1.29 is 29.0 Å². The molecule has 9 heteroatoms. The molecular formula is C26H24N2O6S. The molecule has 2 heterocycles. The molecule has 1 N–H and O–H groups in total. The number of benzene rings is 2. The van der Waals surface area contributed by atoms with Crippen LogP contribution in [0.1, 0.15) is 33.9 Å². The van der Waals surface area contributed by atoms with Gasteiger partial charge in [0, 0.05) is 26.1 Å².